The van der Waals surface area contributed by atoms with E-state index in [0.29, 0.717) is 0 Å². The lowest BCUT2D eigenvalue weighted by atomic mass is 9.62. The quantitative estimate of drug-likeness (QED) is 0.159. The van der Waals surface area contributed by atoms with E-state index in [1.165, 1.54) is 106 Å². The van der Waals surface area contributed by atoms with E-state index in [-0.39, 0.29) is 0 Å². The van der Waals surface area contributed by atoms with E-state index in [9.17, 15) is 0 Å². The van der Waals surface area contributed by atoms with Gasteiger partial charge in [0.05, 0.1) is 28.0 Å². The Hall–Kier alpha value is -8.79. The number of benzene rings is 9. The van der Waals surface area contributed by atoms with Gasteiger partial charge in [0, 0.05) is 28.5 Å². The summed E-state index contributed by atoms with van der Waals surface area (Å²) in [6.45, 7) is 0. The zero-order valence-electron chi connectivity index (χ0n) is 40.2. The second-order valence-corrected chi connectivity index (χ2v) is 19.4. The molecule has 72 heavy (non-hydrogen) atoms. The summed E-state index contributed by atoms with van der Waals surface area (Å²) in [6, 6.07) is 85.0. The normalized spacial score (nSPS) is 14.8. The van der Waals surface area contributed by atoms with Gasteiger partial charge in [-0.2, -0.15) is 0 Å². The Bertz CT molecular complexity index is 3720. The summed E-state index contributed by atoms with van der Waals surface area (Å²) >= 11 is 0. The monoisotopic (exact) mass is 923 g/mol. The van der Waals surface area contributed by atoms with Gasteiger partial charge < -0.3 is 14.9 Å². The maximum Gasteiger partial charge on any atom is 0.0717 e. The molecule has 0 fully saturated rings. The predicted octanol–water partition coefficient (Wildman–Crippen LogP) is 17.2. The van der Waals surface area contributed by atoms with E-state index in [0.717, 1.165) is 43.4 Å². The molecule has 3 heteroatoms. The fourth-order valence-corrected chi connectivity index (χ4v) is 12.4. The lowest BCUT2D eigenvalue weighted by molar-refractivity contribution is 0.680. The van der Waals surface area contributed by atoms with Gasteiger partial charge in [-0.15, -0.1) is 0 Å². The van der Waals surface area contributed by atoms with Crippen LogP contribution in [0, 0.1) is 5.41 Å². The summed E-state index contributed by atoms with van der Waals surface area (Å²) in [4.78, 5) is 2.44. The molecule has 0 amide bonds. The molecule has 0 unspecified atom stereocenters. The maximum absolute atomic E-state index is 8.65. The van der Waals surface area contributed by atoms with Gasteiger partial charge in [0.15, 0.2) is 0 Å². The van der Waals surface area contributed by atoms with E-state index in [4.69, 9.17) is 5.41 Å². The van der Waals surface area contributed by atoms with Gasteiger partial charge in [-0.3, -0.25) is 0 Å². The molecule has 0 saturated heterocycles. The number of nitrogens with one attached hydrogen (secondary N) is 1. The Morgan fingerprint density at radius 1 is 0.444 bits per heavy atom. The summed E-state index contributed by atoms with van der Waals surface area (Å²) in [5, 5.41) is 10.0. The largest absolute Gasteiger partial charge is 0.310 e. The number of hydrogen-bond donors (Lipinski definition) is 1. The second-order valence-electron chi connectivity index (χ2n) is 19.4. The number of aromatic nitrogens is 1. The number of anilines is 3. The van der Waals surface area contributed by atoms with Crippen molar-refractivity contribution in [2.75, 3.05) is 4.90 Å². The Morgan fingerprint density at radius 3 is 1.68 bits per heavy atom. The average Bonchev–Trinajstić information content (AvgIpc) is 3.94. The molecule has 10 aromatic rings. The van der Waals surface area contributed by atoms with Crippen molar-refractivity contribution in [3.05, 3.63) is 310 Å². The summed E-state index contributed by atoms with van der Waals surface area (Å²) in [5.74, 6) is 0. The smallest absolute Gasteiger partial charge is 0.0717 e. The standard InChI is InChI=1S/C50H37N3.C19H16/c51-32-35-14-13-22-44-49(35)40-30-33(34-26-28-39-38-19-7-10-23-45(38)52(48(39)31-34)36-15-3-1-4-16-36)27-29-41(40)50(44)42-20-8-11-24-46(42)53(37-17-5-2-6-18-37)47-25-12-9-21-43(47)50;1-3-7-16(8-4-1)15-17-11-13-19(14-12-17)18-9-5-2-6-10-18/h1-25,30-32,51H,26-29H2;1-14H,15H2. The highest BCUT2D eigenvalue weighted by Crippen LogP contribution is 2.65. The third-order valence-electron chi connectivity index (χ3n) is 15.5. The zero-order chi connectivity index (χ0) is 48.0. The van der Waals surface area contributed by atoms with Gasteiger partial charge in [-0.25, -0.2) is 0 Å². The van der Waals surface area contributed by atoms with Gasteiger partial charge >= 0.3 is 0 Å². The van der Waals surface area contributed by atoms with Crippen LogP contribution in [0.2, 0.25) is 0 Å². The van der Waals surface area contributed by atoms with Crippen LogP contribution in [-0.4, -0.2) is 10.8 Å². The predicted molar refractivity (Wildman–Crippen MR) is 300 cm³/mol. The molecule has 14 rings (SSSR count). The van der Waals surface area contributed by atoms with E-state index >= 15 is 0 Å². The van der Waals surface area contributed by atoms with Crippen molar-refractivity contribution in [3.8, 4) is 16.8 Å². The van der Waals surface area contributed by atoms with Crippen molar-refractivity contribution < 1.29 is 0 Å². The minimum Gasteiger partial charge on any atom is -0.310 e. The van der Waals surface area contributed by atoms with Crippen molar-refractivity contribution in [2.24, 2.45) is 0 Å². The van der Waals surface area contributed by atoms with Crippen LogP contribution in [0.1, 0.15) is 69.5 Å². The van der Waals surface area contributed by atoms with Gasteiger partial charge in [0.25, 0.3) is 0 Å². The average molecular weight is 924 g/mol. The highest BCUT2D eigenvalue weighted by atomic mass is 15.2. The number of nitrogens with zero attached hydrogens (tertiary/aromatic N) is 2. The molecule has 0 radical (unpaired) electrons. The van der Waals surface area contributed by atoms with Crippen LogP contribution in [0.5, 0.6) is 0 Å². The lowest BCUT2D eigenvalue weighted by Gasteiger charge is -2.46. The number of fused-ring (bicyclic) bond motifs is 11. The highest BCUT2D eigenvalue weighted by Gasteiger charge is 2.53. The third-order valence-corrected chi connectivity index (χ3v) is 15.5. The fraction of sp³-hybridized carbons (Fsp3) is 0.0870. The van der Waals surface area contributed by atoms with Crippen LogP contribution in [0.15, 0.2) is 259 Å². The Labute approximate surface area is 422 Å². The highest BCUT2D eigenvalue weighted by molar-refractivity contribution is 6.02. The molecule has 0 bridgehead atoms. The number of hydrogen-bond acceptors (Lipinski definition) is 2. The van der Waals surface area contributed by atoms with E-state index in [1.807, 2.05) is 6.07 Å². The number of para-hydroxylation sites is 5. The summed E-state index contributed by atoms with van der Waals surface area (Å²) in [6.07, 6.45) is 11.5. The molecule has 344 valence electrons. The molecule has 3 nitrogen and oxygen atoms in total. The molecular weight excluding hydrogens is 871 g/mol. The van der Waals surface area contributed by atoms with Crippen molar-refractivity contribution >= 4 is 45.8 Å². The molecule has 0 saturated carbocycles. The molecule has 0 atom stereocenters. The van der Waals surface area contributed by atoms with Crippen molar-refractivity contribution in [3.63, 3.8) is 0 Å². The Morgan fingerprint density at radius 2 is 0.986 bits per heavy atom. The Balaban J connectivity index is 0.000000223. The van der Waals surface area contributed by atoms with Crippen LogP contribution >= 0.6 is 0 Å². The van der Waals surface area contributed by atoms with Crippen LogP contribution in [0.25, 0.3) is 39.4 Å². The summed E-state index contributed by atoms with van der Waals surface area (Å²) in [7, 11) is 0. The Kier molecular flexibility index (Phi) is 10.9. The van der Waals surface area contributed by atoms with Gasteiger partial charge in [-0.1, -0.05) is 200 Å². The van der Waals surface area contributed by atoms with Gasteiger partial charge in [-0.05, 0) is 153 Å². The number of rotatable bonds is 7. The van der Waals surface area contributed by atoms with Crippen LogP contribution in [0.3, 0.4) is 0 Å². The molecular formula is C69H53N3. The van der Waals surface area contributed by atoms with Gasteiger partial charge in [0.2, 0.25) is 0 Å². The first-order valence-electron chi connectivity index (χ1n) is 25.4. The number of allylic oxidation sites excluding steroid dienone is 5. The minimum atomic E-state index is -0.460. The summed E-state index contributed by atoms with van der Waals surface area (Å²) in [5.41, 5.74) is 25.3. The molecule has 9 aromatic carbocycles. The fourth-order valence-electron chi connectivity index (χ4n) is 12.4. The third kappa shape index (κ3) is 7.15. The molecule has 2 heterocycles. The first-order valence-corrected chi connectivity index (χ1v) is 25.4. The molecule has 1 aromatic heterocycles. The number of aryl methyl sites for hydroxylation is 1. The van der Waals surface area contributed by atoms with Crippen molar-refractivity contribution in [2.45, 2.75) is 37.5 Å². The van der Waals surface area contributed by atoms with E-state index in [2.05, 4.69) is 252 Å². The lowest BCUT2D eigenvalue weighted by Crippen LogP contribution is -2.37. The van der Waals surface area contributed by atoms with Crippen molar-refractivity contribution in [1.82, 2.24) is 4.57 Å². The molecule has 1 spiro atoms. The van der Waals surface area contributed by atoms with Crippen LogP contribution < -0.4 is 4.90 Å². The van der Waals surface area contributed by atoms with Crippen molar-refractivity contribution in [1.29, 1.82) is 5.41 Å². The van der Waals surface area contributed by atoms with E-state index in [1.54, 1.807) is 6.21 Å². The molecule has 1 aliphatic heterocycles. The van der Waals surface area contributed by atoms with Crippen LogP contribution in [-0.2, 0) is 18.3 Å². The molecule has 4 aliphatic rings. The summed E-state index contributed by atoms with van der Waals surface area (Å²) < 4.78 is 2.46. The topological polar surface area (TPSA) is 32.0 Å². The molecule has 3 aliphatic carbocycles. The SMILES string of the molecule is N=Cc1cccc2c1C1=C(CCC(C3=Cc4c(c5ccccc5n4-c4ccccc4)CC3)=C1)C21c2ccccc2N(c2ccccc2)c2ccccc21.c1ccc(Cc2ccc(-c3ccccc3)cc2)cc1. The van der Waals surface area contributed by atoms with E-state index < -0.39 is 5.41 Å². The minimum absolute atomic E-state index is 0.460. The second kappa shape index (κ2) is 18.2. The van der Waals surface area contributed by atoms with Crippen LogP contribution in [0.4, 0.5) is 17.1 Å². The first-order chi connectivity index (χ1) is 35.7. The maximum atomic E-state index is 8.65. The zero-order valence-corrected chi connectivity index (χ0v) is 40.2. The first kappa shape index (κ1) is 43.2. The molecule has 1 N–H and O–H groups in total. The van der Waals surface area contributed by atoms with Gasteiger partial charge in [0.1, 0.15) is 0 Å².